The van der Waals surface area contributed by atoms with Gasteiger partial charge in [0.2, 0.25) is 0 Å². The van der Waals surface area contributed by atoms with Gasteiger partial charge in [-0.15, -0.1) is 0 Å². The van der Waals surface area contributed by atoms with E-state index < -0.39 is 0 Å². The molecule has 144 valence electrons. The highest BCUT2D eigenvalue weighted by molar-refractivity contribution is 6.30. The van der Waals surface area contributed by atoms with Gasteiger partial charge >= 0.3 is 6.09 Å². The van der Waals surface area contributed by atoms with Crippen LogP contribution in [0.1, 0.15) is 23.2 Å². The van der Waals surface area contributed by atoms with E-state index in [-0.39, 0.29) is 12.7 Å². The molecule has 3 aromatic rings. The Labute approximate surface area is 168 Å². The first-order chi connectivity index (χ1) is 13.6. The summed E-state index contributed by atoms with van der Waals surface area (Å²) in [6.45, 7) is 4.07. The lowest BCUT2D eigenvalue weighted by Crippen LogP contribution is -2.31. The van der Waals surface area contributed by atoms with E-state index in [4.69, 9.17) is 16.3 Å². The van der Waals surface area contributed by atoms with E-state index in [1.807, 2.05) is 48.0 Å². The molecular formula is C21H21ClN4O2. The Kier molecular flexibility index (Phi) is 5.30. The molecule has 0 aliphatic carbocycles. The second-order valence-corrected chi connectivity index (χ2v) is 7.38. The molecule has 0 saturated carbocycles. The van der Waals surface area contributed by atoms with Crippen LogP contribution in [-0.4, -0.2) is 32.3 Å². The van der Waals surface area contributed by atoms with Crippen LogP contribution in [0.5, 0.6) is 0 Å². The summed E-state index contributed by atoms with van der Waals surface area (Å²) in [6, 6.07) is 11.6. The standard InChI is InChI=1S/C21H21ClN4O2/c1-15-9-16(11-18(22)10-15)14-28-21(27)25-7-2-8-26-19(13-25)12-20(24-26)17-3-5-23-6-4-17/h3-6,9-12H,2,7-8,13-14H2,1H3. The summed E-state index contributed by atoms with van der Waals surface area (Å²) in [7, 11) is 0. The summed E-state index contributed by atoms with van der Waals surface area (Å²) in [5.74, 6) is 0. The minimum atomic E-state index is -0.322. The van der Waals surface area contributed by atoms with Gasteiger partial charge in [0.15, 0.2) is 0 Å². The Morgan fingerprint density at radius 2 is 2.00 bits per heavy atom. The Bertz CT molecular complexity index is 967. The predicted octanol–water partition coefficient (Wildman–Crippen LogP) is 4.45. The molecule has 0 radical (unpaired) electrons. The SMILES string of the molecule is Cc1cc(Cl)cc(COC(=O)N2CCCn3nc(-c4ccncc4)cc3C2)c1. The van der Waals surface area contributed by atoms with E-state index >= 15 is 0 Å². The number of amides is 1. The van der Waals surface area contributed by atoms with Gasteiger partial charge in [0.1, 0.15) is 6.61 Å². The van der Waals surface area contributed by atoms with E-state index in [9.17, 15) is 4.79 Å². The van der Waals surface area contributed by atoms with Gasteiger partial charge < -0.3 is 9.64 Å². The predicted molar refractivity (Wildman–Crippen MR) is 107 cm³/mol. The smallest absolute Gasteiger partial charge is 0.410 e. The van der Waals surface area contributed by atoms with Gasteiger partial charge in [-0.3, -0.25) is 9.67 Å². The van der Waals surface area contributed by atoms with Gasteiger partial charge in [0.25, 0.3) is 0 Å². The highest BCUT2D eigenvalue weighted by Crippen LogP contribution is 2.22. The number of aromatic nitrogens is 3. The minimum absolute atomic E-state index is 0.207. The number of carbonyl (C=O) groups is 1. The molecule has 7 heteroatoms. The summed E-state index contributed by atoms with van der Waals surface area (Å²) in [6.07, 6.45) is 4.01. The summed E-state index contributed by atoms with van der Waals surface area (Å²) in [4.78, 5) is 18.4. The fraction of sp³-hybridized carbons (Fsp3) is 0.286. The number of benzene rings is 1. The number of rotatable bonds is 3. The van der Waals surface area contributed by atoms with E-state index in [0.29, 0.717) is 18.1 Å². The largest absolute Gasteiger partial charge is 0.445 e. The number of ether oxygens (including phenoxy) is 1. The van der Waals surface area contributed by atoms with Crippen LogP contribution in [0, 0.1) is 6.92 Å². The van der Waals surface area contributed by atoms with Crippen LogP contribution in [0.4, 0.5) is 4.79 Å². The maximum atomic E-state index is 12.6. The first-order valence-electron chi connectivity index (χ1n) is 9.23. The quantitative estimate of drug-likeness (QED) is 0.656. The second-order valence-electron chi connectivity index (χ2n) is 6.95. The van der Waals surface area contributed by atoms with Gasteiger partial charge in [0.05, 0.1) is 17.9 Å². The van der Waals surface area contributed by atoms with Gasteiger partial charge in [-0.05, 0) is 54.8 Å². The zero-order valence-corrected chi connectivity index (χ0v) is 16.4. The average Bonchev–Trinajstić information content (AvgIpc) is 2.97. The normalized spacial score (nSPS) is 13.7. The molecule has 1 aliphatic heterocycles. The number of hydrogen-bond acceptors (Lipinski definition) is 4. The maximum Gasteiger partial charge on any atom is 0.410 e. The van der Waals surface area contributed by atoms with Crippen molar-refractivity contribution in [1.29, 1.82) is 0 Å². The van der Waals surface area contributed by atoms with Crippen molar-refractivity contribution in [2.75, 3.05) is 6.54 Å². The van der Waals surface area contributed by atoms with E-state index in [0.717, 1.165) is 41.0 Å². The third-order valence-electron chi connectivity index (χ3n) is 4.71. The molecule has 0 spiro atoms. The molecule has 0 bridgehead atoms. The molecule has 0 N–H and O–H groups in total. The van der Waals surface area contributed by atoms with Crippen LogP contribution < -0.4 is 0 Å². The van der Waals surface area contributed by atoms with E-state index in [1.165, 1.54) is 0 Å². The lowest BCUT2D eigenvalue weighted by atomic mass is 10.1. The van der Waals surface area contributed by atoms with Crippen molar-refractivity contribution in [1.82, 2.24) is 19.7 Å². The molecule has 0 unspecified atom stereocenters. The molecule has 0 atom stereocenters. The fourth-order valence-corrected chi connectivity index (χ4v) is 3.73. The highest BCUT2D eigenvalue weighted by Gasteiger charge is 2.22. The van der Waals surface area contributed by atoms with Crippen molar-refractivity contribution >= 4 is 17.7 Å². The van der Waals surface area contributed by atoms with Crippen LogP contribution in [0.15, 0.2) is 48.8 Å². The Morgan fingerprint density at radius 3 is 2.79 bits per heavy atom. The molecule has 28 heavy (non-hydrogen) atoms. The van der Waals surface area contributed by atoms with Crippen LogP contribution in [0.25, 0.3) is 11.3 Å². The number of carbonyl (C=O) groups excluding carboxylic acids is 1. The first-order valence-corrected chi connectivity index (χ1v) is 9.61. The topological polar surface area (TPSA) is 60.2 Å². The third kappa shape index (κ3) is 4.17. The molecule has 1 amide bonds. The molecule has 4 rings (SSSR count). The van der Waals surface area contributed by atoms with Gasteiger partial charge in [-0.2, -0.15) is 5.10 Å². The van der Waals surface area contributed by atoms with Crippen molar-refractivity contribution in [3.05, 3.63) is 70.6 Å². The van der Waals surface area contributed by atoms with Crippen molar-refractivity contribution in [3.63, 3.8) is 0 Å². The summed E-state index contributed by atoms with van der Waals surface area (Å²) >= 11 is 6.08. The molecule has 3 heterocycles. The Balaban J connectivity index is 1.45. The Hall–Kier alpha value is -2.86. The summed E-state index contributed by atoms with van der Waals surface area (Å²) in [5, 5.41) is 5.33. The lowest BCUT2D eigenvalue weighted by Gasteiger charge is -2.19. The monoisotopic (exact) mass is 396 g/mol. The van der Waals surface area contributed by atoms with Crippen molar-refractivity contribution < 1.29 is 9.53 Å². The van der Waals surface area contributed by atoms with Crippen molar-refractivity contribution in [3.8, 4) is 11.3 Å². The van der Waals surface area contributed by atoms with Crippen LogP contribution >= 0.6 is 11.6 Å². The number of nitrogens with zero attached hydrogens (tertiary/aromatic N) is 4. The summed E-state index contributed by atoms with van der Waals surface area (Å²) in [5.41, 5.74) is 4.84. The highest BCUT2D eigenvalue weighted by atomic mass is 35.5. The number of fused-ring (bicyclic) bond motifs is 1. The van der Waals surface area contributed by atoms with Crippen molar-refractivity contribution in [2.24, 2.45) is 0 Å². The number of aryl methyl sites for hydroxylation is 2. The van der Waals surface area contributed by atoms with Gasteiger partial charge in [-0.1, -0.05) is 17.7 Å². The number of halogens is 1. The number of hydrogen-bond donors (Lipinski definition) is 0. The Morgan fingerprint density at radius 1 is 1.18 bits per heavy atom. The lowest BCUT2D eigenvalue weighted by molar-refractivity contribution is 0.0942. The van der Waals surface area contributed by atoms with Gasteiger partial charge in [0, 0.05) is 36.1 Å². The molecule has 2 aromatic heterocycles. The molecular weight excluding hydrogens is 376 g/mol. The molecule has 0 fully saturated rings. The summed E-state index contributed by atoms with van der Waals surface area (Å²) < 4.78 is 7.51. The third-order valence-corrected chi connectivity index (χ3v) is 4.93. The maximum absolute atomic E-state index is 12.6. The van der Waals surface area contributed by atoms with Gasteiger partial charge in [-0.25, -0.2) is 4.79 Å². The van der Waals surface area contributed by atoms with Crippen LogP contribution in [0.2, 0.25) is 5.02 Å². The zero-order valence-electron chi connectivity index (χ0n) is 15.6. The van der Waals surface area contributed by atoms with Crippen LogP contribution in [-0.2, 0) is 24.4 Å². The second kappa shape index (κ2) is 8.02. The van der Waals surface area contributed by atoms with Crippen molar-refractivity contribution in [2.45, 2.75) is 33.0 Å². The zero-order chi connectivity index (χ0) is 19.5. The fourth-order valence-electron chi connectivity index (χ4n) is 3.41. The van der Waals surface area contributed by atoms with E-state index in [1.54, 1.807) is 17.3 Å². The number of pyridine rings is 1. The molecule has 1 aromatic carbocycles. The average molecular weight is 397 g/mol. The van der Waals surface area contributed by atoms with E-state index in [2.05, 4.69) is 10.1 Å². The molecule has 0 saturated heterocycles. The molecule has 1 aliphatic rings. The first kappa shape index (κ1) is 18.5. The minimum Gasteiger partial charge on any atom is -0.445 e. The van der Waals surface area contributed by atoms with Crippen LogP contribution in [0.3, 0.4) is 0 Å². The molecule has 6 nitrogen and oxygen atoms in total.